The molecule has 0 saturated heterocycles. The molecule has 0 bridgehead atoms. The molecule has 2 unspecified atom stereocenters. The zero-order valence-electron chi connectivity index (χ0n) is 33.8. The van der Waals surface area contributed by atoms with Crippen LogP contribution in [0.5, 0.6) is 0 Å². The maximum atomic E-state index is 4.96. The summed E-state index contributed by atoms with van der Waals surface area (Å²) < 4.78 is 4.91. The zero-order valence-corrected chi connectivity index (χ0v) is 33.8. The second kappa shape index (κ2) is 14.1. The van der Waals surface area contributed by atoms with Crippen LogP contribution < -0.4 is 9.13 Å². The molecule has 3 aromatic heterocycles. The van der Waals surface area contributed by atoms with E-state index in [1.165, 1.54) is 55.9 Å². The molecule has 0 saturated carbocycles. The van der Waals surface area contributed by atoms with Crippen molar-refractivity contribution in [2.45, 2.75) is 64.3 Å². The quantitative estimate of drug-likeness (QED) is 0.168. The Morgan fingerprint density at radius 2 is 1.43 bits per heavy atom. The number of rotatable bonds is 3. The van der Waals surface area contributed by atoms with Crippen LogP contribution in [0.1, 0.15) is 67.8 Å². The Morgan fingerprint density at radius 3 is 2.29 bits per heavy atom. The number of pyridine rings is 2. The predicted molar refractivity (Wildman–Crippen MR) is 237 cm³/mol. The second-order valence-corrected chi connectivity index (χ2v) is 17.3. The summed E-state index contributed by atoms with van der Waals surface area (Å²) in [4.78, 5) is 9.50. The molecule has 0 radical (unpaired) electrons. The molecule has 0 aliphatic carbocycles. The Labute approximate surface area is 341 Å². The first kappa shape index (κ1) is 35.9. The van der Waals surface area contributed by atoms with E-state index in [1.54, 1.807) is 6.33 Å². The molecule has 10 rings (SSSR count). The lowest BCUT2D eigenvalue weighted by atomic mass is 9.77. The van der Waals surface area contributed by atoms with E-state index in [4.69, 9.17) is 11.6 Å². The monoisotopic (exact) mass is 752 g/mol. The fraction of sp³-hybridized carbons (Fsp3) is 0.185. The molecule has 4 nitrogen and oxygen atoms in total. The highest BCUT2D eigenvalue weighted by atomic mass is 15.0. The number of hydrogen-bond donors (Lipinski definition) is 0. The van der Waals surface area contributed by atoms with Crippen molar-refractivity contribution in [3.63, 3.8) is 0 Å². The van der Waals surface area contributed by atoms with E-state index in [-0.39, 0.29) is 11.5 Å². The molecule has 282 valence electrons. The van der Waals surface area contributed by atoms with Crippen LogP contribution >= 0.6 is 0 Å². The molecule has 0 fully saturated rings. The highest BCUT2D eigenvalue weighted by Gasteiger charge is 2.42. The molecule has 5 heterocycles. The van der Waals surface area contributed by atoms with Gasteiger partial charge in [0, 0.05) is 52.9 Å². The van der Waals surface area contributed by atoms with Crippen molar-refractivity contribution in [2.24, 2.45) is 0 Å². The lowest BCUT2D eigenvalue weighted by molar-refractivity contribution is -0.720. The van der Waals surface area contributed by atoms with Crippen LogP contribution in [0, 0.1) is 6.92 Å². The van der Waals surface area contributed by atoms with Crippen molar-refractivity contribution in [1.82, 2.24) is 9.97 Å². The Balaban J connectivity index is 1.12. The van der Waals surface area contributed by atoms with Gasteiger partial charge in [-0.2, -0.15) is 9.13 Å². The van der Waals surface area contributed by atoms with Crippen molar-refractivity contribution in [1.29, 1.82) is 0 Å². The van der Waals surface area contributed by atoms with Crippen LogP contribution in [0.15, 0.2) is 165 Å². The van der Waals surface area contributed by atoms with Crippen LogP contribution in [-0.2, 0) is 11.8 Å². The summed E-state index contributed by atoms with van der Waals surface area (Å²) in [6.07, 6.45) is 11.1. The van der Waals surface area contributed by atoms with E-state index in [0.29, 0.717) is 5.92 Å². The van der Waals surface area contributed by atoms with Gasteiger partial charge in [0.05, 0.1) is 17.5 Å². The van der Waals surface area contributed by atoms with Gasteiger partial charge in [-0.1, -0.05) is 112 Å². The minimum atomic E-state index is -0.0182. The number of allylic oxidation sites excluding steroid dienone is 1. The average molecular weight is 753 g/mol. The summed E-state index contributed by atoms with van der Waals surface area (Å²) in [5.74, 6) is 0.338. The third-order valence-electron chi connectivity index (χ3n) is 12.6. The van der Waals surface area contributed by atoms with Crippen LogP contribution in [0.3, 0.4) is 0 Å². The van der Waals surface area contributed by atoms with E-state index in [9.17, 15) is 0 Å². The Kier molecular flexibility index (Phi) is 8.75. The van der Waals surface area contributed by atoms with E-state index in [0.717, 1.165) is 58.1 Å². The van der Waals surface area contributed by atoms with Gasteiger partial charge in [0.15, 0.2) is 24.1 Å². The normalized spacial score (nSPS) is 16.1. The smallest absolute Gasteiger partial charge is 0.218 e. The topological polar surface area (TPSA) is 33.5 Å². The van der Waals surface area contributed by atoms with E-state index in [1.807, 2.05) is 6.20 Å². The van der Waals surface area contributed by atoms with Gasteiger partial charge in [-0.3, -0.25) is 0 Å². The summed E-state index contributed by atoms with van der Waals surface area (Å²) in [6.45, 7) is 13.9. The Bertz CT molecular complexity index is 2900. The van der Waals surface area contributed by atoms with Crippen LogP contribution in [0.25, 0.3) is 72.5 Å². The number of aromatic nitrogens is 4. The minimum Gasteiger partial charge on any atom is -0.244 e. The zero-order chi connectivity index (χ0) is 39.5. The highest BCUT2D eigenvalue weighted by molar-refractivity contribution is 6.03. The SMILES string of the molecule is C=C1CC2C(CCc3ccc(-c4ccc(-c5cccc(-c6ccccc6)c5)c5cncnc45)cc3-c3cc(C(C)(C)C)cc[n+]31)c1ccccc1-c1cc(C)cc[n+]12. The lowest BCUT2D eigenvalue weighted by Crippen LogP contribution is -2.49. The first-order valence-electron chi connectivity index (χ1n) is 20.6. The van der Waals surface area contributed by atoms with Crippen molar-refractivity contribution < 1.29 is 9.13 Å². The van der Waals surface area contributed by atoms with Crippen molar-refractivity contribution >= 4 is 16.6 Å². The van der Waals surface area contributed by atoms with Gasteiger partial charge >= 0.3 is 0 Å². The Hall–Kier alpha value is -6.52. The van der Waals surface area contributed by atoms with Gasteiger partial charge in [0.1, 0.15) is 6.33 Å². The fourth-order valence-corrected chi connectivity index (χ4v) is 9.53. The third-order valence-corrected chi connectivity index (χ3v) is 12.6. The van der Waals surface area contributed by atoms with Crippen molar-refractivity contribution in [2.75, 3.05) is 0 Å². The summed E-state index contributed by atoms with van der Waals surface area (Å²) in [7, 11) is 0. The molecule has 2 aliphatic rings. The maximum absolute atomic E-state index is 4.96. The molecular formula is C54H48N4+2. The number of benzene rings is 5. The maximum Gasteiger partial charge on any atom is 0.218 e. The average Bonchev–Trinajstić information content (AvgIpc) is 3.25. The van der Waals surface area contributed by atoms with Gasteiger partial charge in [0.2, 0.25) is 11.4 Å². The van der Waals surface area contributed by atoms with Crippen molar-refractivity contribution in [3.05, 3.63) is 187 Å². The summed E-state index contributed by atoms with van der Waals surface area (Å²) >= 11 is 0. The molecule has 2 aliphatic heterocycles. The molecule has 0 N–H and O–H groups in total. The first-order chi connectivity index (χ1) is 28.2. The fourth-order valence-electron chi connectivity index (χ4n) is 9.53. The van der Waals surface area contributed by atoms with Crippen LogP contribution in [-0.4, -0.2) is 9.97 Å². The van der Waals surface area contributed by atoms with Gasteiger partial charge in [0.25, 0.3) is 0 Å². The van der Waals surface area contributed by atoms with E-state index < -0.39 is 0 Å². The van der Waals surface area contributed by atoms with Gasteiger partial charge < -0.3 is 0 Å². The predicted octanol–water partition coefficient (Wildman–Crippen LogP) is 12.3. The molecule has 0 amide bonds. The summed E-state index contributed by atoms with van der Waals surface area (Å²) in [6, 6.07) is 49.6. The molecular weight excluding hydrogens is 705 g/mol. The number of nitrogens with zero attached hydrogens (tertiary/aromatic N) is 4. The third kappa shape index (κ3) is 6.24. The first-order valence-corrected chi connectivity index (χ1v) is 20.6. The molecule has 2 atom stereocenters. The Morgan fingerprint density at radius 1 is 0.655 bits per heavy atom. The second-order valence-electron chi connectivity index (χ2n) is 17.3. The molecule has 0 spiro atoms. The minimum absolute atomic E-state index is 0.0182. The number of hydrogen-bond acceptors (Lipinski definition) is 2. The molecule has 58 heavy (non-hydrogen) atoms. The number of fused-ring (bicyclic) bond motifs is 10. The molecule has 5 aromatic carbocycles. The van der Waals surface area contributed by atoms with Crippen molar-refractivity contribution in [3.8, 4) is 55.9 Å². The number of aryl methyl sites for hydroxylation is 2. The van der Waals surface area contributed by atoms with Gasteiger partial charge in [-0.05, 0) is 100 Å². The molecule has 4 heteroatoms. The summed E-state index contributed by atoms with van der Waals surface area (Å²) in [5.41, 5.74) is 19.4. The molecule has 8 aromatic rings. The van der Waals surface area contributed by atoms with Gasteiger partial charge in [-0.15, -0.1) is 0 Å². The van der Waals surface area contributed by atoms with Gasteiger partial charge in [-0.25, -0.2) is 9.97 Å². The van der Waals surface area contributed by atoms with E-state index in [2.05, 4.69) is 188 Å². The standard InChI is InChI=1S/C54H48N4/c1-35-24-26-58-50(28-35)46-17-10-9-16-45(46)47-21-20-38-18-19-41(31-48(38)52-32-42(54(3,4)5)25-27-57(52)36(2)29-51(47)58)44-23-22-43(49-33-55-34-56-53(44)49)40-15-11-14-39(30-40)37-12-7-6-8-13-37/h6-19,22-28,30-34,47,51H,2,20-21,29H2,1,3-5H3/q+2. The van der Waals surface area contributed by atoms with Crippen LogP contribution in [0.2, 0.25) is 0 Å². The highest BCUT2D eigenvalue weighted by Crippen LogP contribution is 2.45. The summed E-state index contributed by atoms with van der Waals surface area (Å²) in [5, 5.41) is 1.04. The lowest BCUT2D eigenvalue weighted by Gasteiger charge is -2.31. The van der Waals surface area contributed by atoms with E-state index >= 15 is 0 Å². The largest absolute Gasteiger partial charge is 0.244 e. The van der Waals surface area contributed by atoms with Crippen LogP contribution in [0.4, 0.5) is 0 Å².